The van der Waals surface area contributed by atoms with E-state index in [1.54, 1.807) is 24.3 Å². The summed E-state index contributed by atoms with van der Waals surface area (Å²) in [6.07, 6.45) is 2.26. The highest BCUT2D eigenvalue weighted by molar-refractivity contribution is 5.99. The van der Waals surface area contributed by atoms with Gasteiger partial charge in [-0.05, 0) is 17.7 Å². The number of hydrogen-bond acceptors (Lipinski definition) is 6. The van der Waals surface area contributed by atoms with Gasteiger partial charge >= 0.3 is 11.9 Å². The highest BCUT2D eigenvalue weighted by Gasteiger charge is 2.29. The Morgan fingerprint density at radius 1 is 1.03 bits per heavy atom. The molecule has 29 heavy (non-hydrogen) atoms. The third-order valence-electron chi connectivity index (χ3n) is 4.01. The van der Waals surface area contributed by atoms with Crippen molar-refractivity contribution in [1.82, 2.24) is 15.6 Å². The summed E-state index contributed by atoms with van der Waals surface area (Å²) in [6.45, 7) is 0. The second kappa shape index (κ2) is 10.5. The van der Waals surface area contributed by atoms with E-state index in [9.17, 15) is 19.2 Å². The van der Waals surface area contributed by atoms with Gasteiger partial charge in [0.05, 0.1) is 19.1 Å². The maximum Gasteiger partial charge on any atom is 0.328 e. The maximum absolute atomic E-state index is 12.7. The molecule has 2 amide bonds. The fourth-order valence-corrected chi connectivity index (χ4v) is 2.58. The zero-order valence-corrected chi connectivity index (χ0v) is 15.7. The normalized spacial score (nSPS) is 12.3. The minimum absolute atomic E-state index is 0.148. The van der Waals surface area contributed by atoms with Gasteiger partial charge in [-0.1, -0.05) is 30.3 Å². The summed E-state index contributed by atoms with van der Waals surface area (Å²) in [7, 11) is 1.19. The quantitative estimate of drug-likeness (QED) is 0.524. The van der Waals surface area contributed by atoms with Crippen LogP contribution in [-0.2, 0) is 25.5 Å². The number of ether oxygens (including phenoxy) is 1. The third-order valence-corrected chi connectivity index (χ3v) is 4.01. The lowest BCUT2D eigenvalue weighted by Crippen LogP contribution is -2.53. The molecule has 2 atom stereocenters. The van der Waals surface area contributed by atoms with Crippen LogP contribution in [0.4, 0.5) is 0 Å². The summed E-state index contributed by atoms with van der Waals surface area (Å²) in [5.41, 5.74) is 0.946. The van der Waals surface area contributed by atoms with Crippen LogP contribution in [-0.4, -0.2) is 53.0 Å². The highest BCUT2D eigenvalue weighted by atomic mass is 16.5. The highest BCUT2D eigenvalue weighted by Crippen LogP contribution is 2.06. The van der Waals surface area contributed by atoms with Crippen molar-refractivity contribution < 1.29 is 29.0 Å². The molecule has 2 aromatic rings. The van der Waals surface area contributed by atoms with E-state index in [4.69, 9.17) is 9.84 Å². The predicted octanol–water partition coefficient (Wildman–Crippen LogP) is 0.555. The van der Waals surface area contributed by atoms with Gasteiger partial charge in [0.25, 0.3) is 5.91 Å². The molecule has 2 rings (SSSR count). The first-order chi connectivity index (χ1) is 13.9. The van der Waals surface area contributed by atoms with Crippen molar-refractivity contribution in [2.45, 2.75) is 24.9 Å². The minimum Gasteiger partial charge on any atom is -0.481 e. The number of esters is 1. The van der Waals surface area contributed by atoms with Gasteiger partial charge in [-0.15, -0.1) is 0 Å². The second-order valence-corrected chi connectivity index (χ2v) is 6.14. The average Bonchev–Trinajstić information content (AvgIpc) is 2.73. The second-order valence-electron chi connectivity index (χ2n) is 6.14. The zero-order chi connectivity index (χ0) is 21.2. The molecule has 0 unspecified atom stereocenters. The van der Waals surface area contributed by atoms with Gasteiger partial charge in [0, 0.05) is 18.8 Å². The number of nitrogens with one attached hydrogen (secondary N) is 2. The molecular weight excluding hydrogens is 378 g/mol. The van der Waals surface area contributed by atoms with Gasteiger partial charge in [-0.2, -0.15) is 0 Å². The molecule has 9 heteroatoms. The Morgan fingerprint density at radius 2 is 1.76 bits per heavy atom. The van der Waals surface area contributed by atoms with Crippen molar-refractivity contribution in [3.8, 4) is 0 Å². The molecule has 1 aromatic carbocycles. The van der Waals surface area contributed by atoms with Crippen molar-refractivity contribution in [3.05, 3.63) is 66.0 Å². The number of aliphatic carboxylic acids is 1. The predicted molar refractivity (Wildman–Crippen MR) is 102 cm³/mol. The molecule has 1 aromatic heterocycles. The molecule has 1 heterocycles. The van der Waals surface area contributed by atoms with E-state index >= 15 is 0 Å². The molecule has 0 aliphatic carbocycles. The first kappa shape index (κ1) is 21.5. The van der Waals surface area contributed by atoms with E-state index in [0.29, 0.717) is 0 Å². The van der Waals surface area contributed by atoms with Crippen LogP contribution in [0.1, 0.15) is 22.3 Å². The summed E-state index contributed by atoms with van der Waals surface area (Å²) in [4.78, 5) is 52.0. The monoisotopic (exact) mass is 399 g/mol. The number of carboxylic acids is 1. The summed E-state index contributed by atoms with van der Waals surface area (Å²) in [6, 6.07) is 9.52. The van der Waals surface area contributed by atoms with Crippen molar-refractivity contribution in [2.75, 3.05) is 7.11 Å². The fourth-order valence-electron chi connectivity index (χ4n) is 2.58. The van der Waals surface area contributed by atoms with E-state index in [1.165, 1.54) is 31.6 Å². The van der Waals surface area contributed by atoms with E-state index in [-0.39, 0.29) is 12.0 Å². The number of hydrogen-bond donors (Lipinski definition) is 3. The Kier molecular flexibility index (Phi) is 7.84. The smallest absolute Gasteiger partial charge is 0.328 e. The topological polar surface area (TPSA) is 135 Å². The molecule has 3 N–H and O–H groups in total. The van der Waals surface area contributed by atoms with E-state index < -0.39 is 42.3 Å². The van der Waals surface area contributed by atoms with Crippen molar-refractivity contribution in [3.63, 3.8) is 0 Å². The third kappa shape index (κ3) is 6.73. The number of amides is 2. The summed E-state index contributed by atoms with van der Waals surface area (Å²) < 4.78 is 4.73. The van der Waals surface area contributed by atoms with Crippen molar-refractivity contribution >= 4 is 23.8 Å². The number of nitrogens with zero attached hydrogens (tertiary/aromatic N) is 1. The van der Waals surface area contributed by atoms with Crippen LogP contribution >= 0.6 is 0 Å². The maximum atomic E-state index is 12.7. The largest absolute Gasteiger partial charge is 0.481 e. The zero-order valence-electron chi connectivity index (χ0n) is 15.7. The molecule has 0 saturated carbocycles. The van der Waals surface area contributed by atoms with E-state index in [0.717, 1.165) is 5.56 Å². The summed E-state index contributed by atoms with van der Waals surface area (Å²) in [5.74, 6) is -3.43. The summed E-state index contributed by atoms with van der Waals surface area (Å²) in [5, 5.41) is 13.9. The lowest BCUT2D eigenvalue weighted by molar-refractivity contribution is -0.145. The number of rotatable bonds is 9. The fraction of sp³-hybridized carbons (Fsp3) is 0.250. The first-order valence-corrected chi connectivity index (χ1v) is 8.75. The van der Waals surface area contributed by atoms with Gasteiger partial charge < -0.3 is 20.5 Å². The van der Waals surface area contributed by atoms with E-state index in [1.807, 2.05) is 6.07 Å². The average molecular weight is 399 g/mol. The standard InChI is InChI=1S/C20H21N3O6/c1-29-20(28)16(10-13-6-3-2-4-7-13)23-19(27)15(11-17(24)25)22-18(26)14-8-5-9-21-12-14/h2-9,12,15-16H,10-11H2,1H3,(H,22,26)(H,23,27)(H,24,25)/t15-,16-/m0/s1. The Balaban J connectivity index is 2.14. The van der Waals surface area contributed by atoms with Crippen LogP contribution < -0.4 is 10.6 Å². The number of pyridine rings is 1. The molecule has 0 aliphatic rings. The van der Waals surface area contributed by atoms with Crippen LogP contribution in [0.3, 0.4) is 0 Å². The minimum atomic E-state index is -1.39. The first-order valence-electron chi connectivity index (χ1n) is 8.75. The van der Waals surface area contributed by atoms with Crippen molar-refractivity contribution in [1.29, 1.82) is 0 Å². The van der Waals surface area contributed by atoms with Crippen LogP contribution in [0.2, 0.25) is 0 Å². The lowest BCUT2D eigenvalue weighted by atomic mass is 10.0. The number of benzene rings is 1. The van der Waals surface area contributed by atoms with Gasteiger partial charge in [0.15, 0.2) is 0 Å². The molecule has 0 aliphatic heterocycles. The van der Waals surface area contributed by atoms with Gasteiger partial charge in [-0.3, -0.25) is 19.4 Å². The SMILES string of the molecule is COC(=O)[C@H](Cc1ccccc1)NC(=O)[C@H](CC(=O)O)NC(=O)c1cccnc1. The number of methoxy groups -OCH3 is 1. The van der Waals surface area contributed by atoms with Crippen LogP contribution in [0.5, 0.6) is 0 Å². The Bertz CT molecular complexity index is 857. The number of aromatic nitrogens is 1. The van der Waals surface area contributed by atoms with Gasteiger partial charge in [-0.25, -0.2) is 4.79 Å². The molecule has 152 valence electrons. The Labute approximate surface area is 167 Å². The van der Waals surface area contributed by atoms with Gasteiger partial charge in [0.2, 0.25) is 5.91 Å². The van der Waals surface area contributed by atoms with Crippen LogP contribution in [0.15, 0.2) is 54.9 Å². The number of carbonyl (C=O) groups excluding carboxylic acids is 3. The van der Waals surface area contributed by atoms with Gasteiger partial charge in [0.1, 0.15) is 12.1 Å². The number of carbonyl (C=O) groups is 4. The van der Waals surface area contributed by atoms with E-state index in [2.05, 4.69) is 15.6 Å². The molecule has 0 fully saturated rings. The molecule has 0 bridgehead atoms. The van der Waals surface area contributed by atoms with Crippen molar-refractivity contribution in [2.24, 2.45) is 0 Å². The number of carboxylic acid groups (broad SMARTS) is 1. The summed E-state index contributed by atoms with van der Waals surface area (Å²) >= 11 is 0. The van der Waals surface area contributed by atoms with Crippen LogP contribution in [0, 0.1) is 0 Å². The molecule has 0 radical (unpaired) electrons. The molecular formula is C20H21N3O6. The Hall–Kier alpha value is -3.75. The molecule has 0 spiro atoms. The Morgan fingerprint density at radius 3 is 2.34 bits per heavy atom. The lowest BCUT2D eigenvalue weighted by Gasteiger charge is -2.21. The van der Waals surface area contributed by atoms with Crippen LogP contribution in [0.25, 0.3) is 0 Å². The molecule has 0 saturated heterocycles. The molecule has 9 nitrogen and oxygen atoms in total.